The summed E-state index contributed by atoms with van der Waals surface area (Å²) in [5.74, 6) is -0.428. The van der Waals surface area contributed by atoms with Gasteiger partial charge in [-0.1, -0.05) is 41.9 Å². The van der Waals surface area contributed by atoms with Crippen molar-refractivity contribution in [3.05, 3.63) is 64.9 Å². The molecule has 23 heavy (non-hydrogen) atoms. The van der Waals surface area contributed by atoms with Crippen LogP contribution in [0, 0.1) is 5.82 Å². The number of rotatable bonds is 3. The van der Waals surface area contributed by atoms with Gasteiger partial charge in [0.05, 0.1) is 18.1 Å². The normalized spacial score (nSPS) is 17.3. The summed E-state index contributed by atoms with van der Waals surface area (Å²) in [6, 6.07) is 15.0. The van der Waals surface area contributed by atoms with Gasteiger partial charge in [0.2, 0.25) is 0 Å². The second-order valence-corrected chi connectivity index (χ2v) is 6.44. The van der Waals surface area contributed by atoms with Crippen molar-refractivity contribution in [3.63, 3.8) is 0 Å². The van der Waals surface area contributed by atoms with E-state index in [4.69, 9.17) is 23.8 Å². The van der Waals surface area contributed by atoms with Crippen molar-refractivity contribution in [1.82, 2.24) is 4.90 Å². The first kappa shape index (κ1) is 16.2. The summed E-state index contributed by atoms with van der Waals surface area (Å²) in [5, 5.41) is 3.87. The summed E-state index contributed by atoms with van der Waals surface area (Å²) in [5.41, 5.74) is 2.03. The molecular formula is C17H18ClFN3S+. The van der Waals surface area contributed by atoms with Crippen molar-refractivity contribution in [2.75, 3.05) is 25.1 Å². The van der Waals surface area contributed by atoms with E-state index in [1.165, 1.54) is 16.5 Å². The molecule has 0 bridgehead atoms. The van der Waals surface area contributed by atoms with Crippen LogP contribution in [-0.4, -0.2) is 29.8 Å². The summed E-state index contributed by atoms with van der Waals surface area (Å²) < 4.78 is 13.2. The van der Waals surface area contributed by atoms with Gasteiger partial charge >= 0.3 is 0 Å². The Morgan fingerprint density at radius 3 is 2.78 bits per heavy atom. The van der Waals surface area contributed by atoms with Gasteiger partial charge in [-0.25, -0.2) is 4.39 Å². The molecule has 2 N–H and O–H groups in total. The fourth-order valence-electron chi connectivity index (χ4n) is 2.70. The summed E-state index contributed by atoms with van der Waals surface area (Å²) in [4.78, 5) is 3.60. The second kappa shape index (κ2) is 7.25. The molecule has 1 saturated heterocycles. The molecule has 2 aromatic carbocycles. The maximum absolute atomic E-state index is 13.2. The van der Waals surface area contributed by atoms with Gasteiger partial charge in [0.1, 0.15) is 12.4 Å². The molecule has 1 aliphatic heterocycles. The first-order valence-electron chi connectivity index (χ1n) is 7.50. The third-order valence-corrected chi connectivity index (χ3v) is 4.55. The largest absolute Gasteiger partial charge is 0.332 e. The van der Waals surface area contributed by atoms with Gasteiger partial charge in [0.25, 0.3) is 0 Å². The predicted molar refractivity (Wildman–Crippen MR) is 95.2 cm³/mol. The van der Waals surface area contributed by atoms with E-state index in [-0.39, 0.29) is 5.02 Å². The summed E-state index contributed by atoms with van der Waals surface area (Å²) >= 11 is 11.2. The van der Waals surface area contributed by atoms with E-state index in [0.717, 1.165) is 26.3 Å². The van der Waals surface area contributed by atoms with E-state index in [1.807, 2.05) is 6.07 Å². The van der Waals surface area contributed by atoms with E-state index in [9.17, 15) is 4.39 Å². The van der Waals surface area contributed by atoms with Crippen molar-refractivity contribution in [2.24, 2.45) is 0 Å². The van der Waals surface area contributed by atoms with Crippen molar-refractivity contribution in [3.8, 4) is 0 Å². The quantitative estimate of drug-likeness (QED) is 0.830. The van der Waals surface area contributed by atoms with Gasteiger partial charge in [-0.3, -0.25) is 4.90 Å². The van der Waals surface area contributed by atoms with Gasteiger partial charge in [0.15, 0.2) is 11.8 Å². The fourth-order valence-corrected chi connectivity index (χ4v) is 3.15. The van der Waals surface area contributed by atoms with Crippen LogP contribution in [-0.2, 0) is 6.54 Å². The summed E-state index contributed by atoms with van der Waals surface area (Å²) in [6.45, 7) is 3.79. The fraction of sp³-hybridized carbons (Fsp3) is 0.235. The molecule has 0 aliphatic carbocycles. The summed E-state index contributed by atoms with van der Waals surface area (Å²) in [7, 11) is 0. The number of quaternary nitrogens is 1. The maximum atomic E-state index is 13.2. The zero-order valence-electron chi connectivity index (χ0n) is 12.6. The highest BCUT2D eigenvalue weighted by Crippen LogP contribution is 2.19. The number of hydrogen-bond donors (Lipinski definition) is 2. The minimum atomic E-state index is -0.428. The van der Waals surface area contributed by atoms with Gasteiger partial charge in [-0.05, 0) is 30.4 Å². The van der Waals surface area contributed by atoms with Crippen LogP contribution in [0.5, 0.6) is 0 Å². The Morgan fingerprint density at radius 2 is 2.04 bits per heavy atom. The van der Waals surface area contributed by atoms with Crippen molar-refractivity contribution < 1.29 is 9.29 Å². The zero-order valence-corrected chi connectivity index (χ0v) is 14.1. The number of hydrogen-bond acceptors (Lipinski definition) is 1. The van der Waals surface area contributed by atoms with E-state index < -0.39 is 5.82 Å². The molecular weight excluding hydrogens is 333 g/mol. The minimum Gasteiger partial charge on any atom is -0.332 e. The number of halogens is 2. The van der Waals surface area contributed by atoms with Crippen LogP contribution >= 0.6 is 23.8 Å². The molecule has 1 aliphatic rings. The second-order valence-electron chi connectivity index (χ2n) is 5.64. The smallest absolute Gasteiger partial charge is 0.177 e. The molecule has 2 aromatic rings. The van der Waals surface area contributed by atoms with E-state index in [0.29, 0.717) is 10.8 Å². The van der Waals surface area contributed by atoms with Crippen LogP contribution in [0.25, 0.3) is 0 Å². The van der Waals surface area contributed by atoms with Crippen LogP contribution in [0.1, 0.15) is 5.56 Å². The van der Waals surface area contributed by atoms with Crippen LogP contribution in [0.3, 0.4) is 0 Å². The number of nitrogens with zero attached hydrogens (tertiary/aromatic N) is 1. The Labute approximate surface area is 145 Å². The van der Waals surface area contributed by atoms with E-state index in [1.54, 1.807) is 12.1 Å². The third kappa shape index (κ3) is 4.19. The van der Waals surface area contributed by atoms with E-state index in [2.05, 4.69) is 34.5 Å². The Kier molecular flexibility index (Phi) is 5.10. The number of thiocarbonyl (C=S) groups is 1. The molecule has 0 spiro atoms. The lowest BCUT2D eigenvalue weighted by molar-refractivity contribution is -0.904. The first-order valence-corrected chi connectivity index (χ1v) is 8.29. The highest BCUT2D eigenvalue weighted by Gasteiger charge is 2.25. The number of anilines is 1. The average molecular weight is 351 g/mol. The molecule has 120 valence electrons. The standard InChI is InChI=1S/C17H17ClFN3S/c18-15-10-14(6-7-16(15)19)20-17(23)22-9-8-21(12-22)11-13-4-2-1-3-5-13/h1-7,10H,8-9,11-12H2,(H,20,23)/p+1. The molecule has 0 aromatic heterocycles. The van der Waals surface area contributed by atoms with E-state index >= 15 is 0 Å². The highest BCUT2D eigenvalue weighted by atomic mass is 35.5. The molecule has 1 unspecified atom stereocenters. The van der Waals surface area contributed by atoms with Crippen molar-refractivity contribution >= 4 is 34.6 Å². The molecule has 1 fully saturated rings. The monoisotopic (exact) mass is 350 g/mol. The van der Waals surface area contributed by atoms with Crippen LogP contribution in [0.2, 0.25) is 5.02 Å². The van der Waals surface area contributed by atoms with Crippen molar-refractivity contribution in [1.29, 1.82) is 0 Å². The van der Waals surface area contributed by atoms with Crippen LogP contribution < -0.4 is 10.2 Å². The Balaban J connectivity index is 1.56. The third-order valence-electron chi connectivity index (χ3n) is 3.90. The van der Waals surface area contributed by atoms with Crippen molar-refractivity contribution in [2.45, 2.75) is 6.54 Å². The maximum Gasteiger partial charge on any atom is 0.177 e. The average Bonchev–Trinajstić information content (AvgIpc) is 3.00. The molecule has 3 rings (SSSR count). The van der Waals surface area contributed by atoms with Crippen LogP contribution in [0.15, 0.2) is 48.5 Å². The van der Waals surface area contributed by atoms with Gasteiger partial charge in [-0.15, -0.1) is 0 Å². The topological polar surface area (TPSA) is 19.7 Å². The molecule has 6 heteroatoms. The van der Waals surface area contributed by atoms with Gasteiger partial charge in [0, 0.05) is 11.3 Å². The first-order chi connectivity index (χ1) is 11.1. The molecule has 0 amide bonds. The highest BCUT2D eigenvalue weighted by molar-refractivity contribution is 7.80. The molecule has 0 radical (unpaired) electrons. The Hall–Kier alpha value is -1.69. The minimum absolute atomic E-state index is 0.0931. The lowest BCUT2D eigenvalue weighted by Gasteiger charge is -2.19. The number of benzene rings is 2. The van der Waals surface area contributed by atoms with Gasteiger partial charge < -0.3 is 10.2 Å². The Morgan fingerprint density at radius 1 is 1.26 bits per heavy atom. The lowest BCUT2D eigenvalue weighted by Crippen LogP contribution is -3.09. The molecule has 3 nitrogen and oxygen atoms in total. The molecule has 1 atom stereocenters. The Bertz CT molecular complexity index is 695. The molecule has 0 saturated carbocycles. The summed E-state index contributed by atoms with van der Waals surface area (Å²) in [6.07, 6.45) is 0. The lowest BCUT2D eigenvalue weighted by atomic mass is 10.2. The SMILES string of the molecule is Fc1ccc(NC(=S)N2CC[NH+](Cc3ccccc3)C2)cc1Cl. The predicted octanol–water partition coefficient (Wildman–Crippen LogP) is 2.53. The zero-order chi connectivity index (χ0) is 16.2. The molecule has 1 heterocycles. The van der Waals surface area contributed by atoms with Crippen LogP contribution in [0.4, 0.5) is 10.1 Å². The number of nitrogens with one attached hydrogen (secondary N) is 2. The van der Waals surface area contributed by atoms with Gasteiger partial charge in [-0.2, -0.15) is 0 Å².